The molecule has 0 aliphatic heterocycles. The largest absolute Gasteiger partial charge is 0.394 e. The molecular weight excluding hydrogens is 240 g/mol. The Balaban J connectivity index is 4.38. The van der Waals surface area contributed by atoms with Gasteiger partial charge in [-0.3, -0.25) is 0 Å². The van der Waals surface area contributed by atoms with E-state index in [0.29, 0.717) is 26.4 Å². The third-order valence-corrected chi connectivity index (χ3v) is 7.27. The molecule has 0 radical (unpaired) electrons. The molecule has 0 aliphatic rings. The van der Waals surface area contributed by atoms with Crippen LogP contribution in [0, 0.1) is 0 Å². The number of hydrogen-bond donors (Lipinski definition) is 0. The van der Waals surface area contributed by atoms with Crippen LogP contribution < -0.4 is 0 Å². The molecule has 0 aromatic heterocycles. The molecular formula is C10H24O4Si2. The summed E-state index contributed by atoms with van der Waals surface area (Å²) in [5, 5.41) is 0. The van der Waals surface area contributed by atoms with Crippen LogP contribution in [0.5, 0.6) is 0 Å². The standard InChI is InChI=1S/C10H24O4Si2/c1-6-11-15(12-7-2)10(5)16(13-8-3)14-9-4/h15-16H,5-9H2,1-4H3. The summed E-state index contributed by atoms with van der Waals surface area (Å²) in [6.45, 7) is 14.5. The first-order valence-electron chi connectivity index (χ1n) is 5.86. The third kappa shape index (κ3) is 5.93. The van der Waals surface area contributed by atoms with Gasteiger partial charge in [-0.2, -0.15) is 0 Å². The van der Waals surface area contributed by atoms with Gasteiger partial charge in [0, 0.05) is 31.2 Å². The van der Waals surface area contributed by atoms with Gasteiger partial charge in [-0.1, -0.05) is 6.58 Å². The van der Waals surface area contributed by atoms with Crippen LogP contribution in [0.1, 0.15) is 27.7 Å². The zero-order valence-electron chi connectivity index (χ0n) is 10.8. The highest BCUT2D eigenvalue weighted by atomic mass is 28.4. The van der Waals surface area contributed by atoms with Crippen LogP contribution in [0.2, 0.25) is 0 Å². The van der Waals surface area contributed by atoms with Crippen molar-refractivity contribution >= 4 is 18.6 Å². The zero-order chi connectivity index (χ0) is 12.4. The normalized spacial score (nSPS) is 11.4. The Morgan fingerprint density at radius 2 is 1.00 bits per heavy atom. The molecule has 0 heterocycles. The highest BCUT2D eigenvalue weighted by Gasteiger charge is 2.28. The highest BCUT2D eigenvalue weighted by Crippen LogP contribution is 2.09. The monoisotopic (exact) mass is 264 g/mol. The van der Waals surface area contributed by atoms with E-state index in [-0.39, 0.29) is 0 Å². The molecule has 0 spiro atoms. The molecule has 0 saturated heterocycles. The summed E-state index contributed by atoms with van der Waals surface area (Å²) in [4.78, 5) is 0.951. The first-order chi connectivity index (χ1) is 7.71. The fourth-order valence-corrected chi connectivity index (χ4v) is 5.54. The lowest BCUT2D eigenvalue weighted by Gasteiger charge is -2.22. The molecule has 96 valence electrons. The van der Waals surface area contributed by atoms with Crippen LogP contribution in [0.3, 0.4) is 0 Å². The Morgan fingerprint density at radius 3 is 1.19 bits per heavy atom. The summed E-state index contributed by atoms with van der Waals surface area (Å²) in [6.07, 6.45) is 0. The second kappa shape index (κ2) is 10.2. The van der Waals surface area contributed by atoms with Crippen LogP contribution in [0.25, 0.3) is 0 Å². The van der Waals surface area contributed by atoms with Crippen molar-refractivity contribution in [3.8, 4) is 0 Å². The second-order valence-electron chi connectivity index (χ2n) is 3.06. The van der Waals surface area contributed by atoms with E-state index in [2.05, 4.69) is 6.58 Å². The molecule has 0 N–H and O–H groups in total. The van der Waals surface area contributed by atoms with E-state index in [1.165, 1.54) is 0 Å². The Hall–Kier alpha value is 0.0138. The first kappa shape index (κ1) is 16.0. The summed E-state index contributed by atoms with van der Waals surface area (Å²) in [5.74, 6) is 0. The van der Waals surface area contributed by atoms with Gasteiger partial charge < -0.3 is 17.7 Å². The molecule has 0 amide bonds. The predicted molar refractivity (Wildman–Crippen MR) is 69.9 cm³/mol. The minimum atomic E-state index is -1.83. The predicted octanol–water partition coefficient (Wildman–Crippen LogP) is 1.21. The maximum Gasteiger partial charge on any atom is 0.351 e. The van der Waals surface area contributed by atoms with E-state index in [0.717, 1.165) is 4.82 Å². The first-order valence-corrected chi connectivity index (χ1v) is 8.90. The van der Waals surface area contributed by atoms with Crippen LogP contribution >= 0.6 is 0 Å². The maximum absolute atomic E-state index is 5.61. The summed E-state index contributed by atoms with van der Waals surface area (Å²) in [7, 11) is -3.66. The summed E-state index contributed by atoms with van der Waals surface area (Å²) < 4.78 is 22.4. The number of rotatable bonds is 10. The Kier molecular flexibility index (Phi) is 10.2. The minimum absolute atomic E-state index is 0.648. The molecule has 0 aromatic carbocycles. The Bertz CT molecular complexity index is 160. The third-order valence-electron chi connectivity index (χ3n) is 1.88. The fraction of sp³-hybridized carbons (Fsp3) is 0.800. The molecule has 0 bridgehead atoms. The van der Waals surface area contributed by atoms with Gasteiger partial charge in [0.1, 0.15) is 0 Å². The molecule has 0 rings (SSSR count). The van der Waals surface area contributed by atoms with Gasteiger partial charge in [0.15, 0.2) is 0 Å². The minimum Gasteiger partial charge on any atom is -0.394 e. The van der Waals surface area contributed by atoms with Gasteiger partial charge >= 0.3 is 18.6 Å². The van der Waals surface area contributed by atoms with E-state index in [1.54, 1.807) is 0 Å². The van der Waals surface area contributed by atoms with E-state index in [1.807, 2.05) is 27.7 Å². The topological polar surface area (TPSA) is 36.9 Å². The van der Waals surface area contributed by atoms with Crippen LogP contribution in [-0.2, 0) is 17.7 Å². The van der Waals surface area contributed by atoms with Gasteiger partial charge in [-0.05, 0) is 27.7 Å². The van der Waals surface area contributed by atoms with Crippen molar-refractivity contribution in [2.24, 2.45) is 0 Å². The maximum atomic E-state index is 5.61. The average molecular weight is 264 g/mol. The van der Waals surface area contributed by atoms with Gasteiger partial charge in [0.25, 0.3) is 0 Å². The molecule has 16 heavy (non-hydrogen) atoms. The van der Waals surface area contributed by atoms with Crippen molar-refractivity contribution in [1.82, 2.24) is 0 Å². The average Bonchev–Trinajstić information content (AvgIpc) is 2.27. The fourth-order valence-electron chi connectivity index (χ4n) is 1.24. The molecule has 0 atom stereocenters. The van der Waals surface area contributed by atoms with Gasteiger partial charge in [0.2, 0.25) is 0 Å². The van der Waals surface area contributed by atoms with Gasteiger partial charge in [-0.25, -0.2) is 0 Å². The number of hydrogen-bond acceptors (Lipinski definition) is 4. The van der Waals surface area contributed by atoms with E-state index in [4.69, 9.17) is 17.7 Å². The zero-order valence-corrected chi connectivity index (χ0v) is 13.1. The van der Waals surface area contributed by atoms with E-state index < -0.39 is 18.6 Å². The van der Waals surface area contributed by atoms with Crippen LogP contribution in [-0.4, -0.2) is 45.0 Å². The Labute approximate surface area is 102 Å². The van der Waals surface area contributed by atoms with Gasteiger partial charge in [-0.15, -0.1) is 0 Å². The molecule has 0 fully saturated rings. The van der Waals surface area contributed by atoms with Crippen molar-refractivity contribution in [1.29, 1.82) is 0 Å². The van der Waals surface area contributed by atoms with Crippen molar-refractivity contribution in [3.05, 3.63) is 11.4 Å². The van der Waals surface area contributed by atoms with Crippen molar-refractivity contribution in [2.75, 3.05) is 26.4 Å². The molecule has 6 heteroatoms. The van der Waals surface area contributed by atoms with Crippen molar-refractivity contribution in [2.45, 2.75) is 27.7 Å². The summed E-state index contributed by atoms with van der Waals surface area (Å²) in [6, 6.07) is 0. The molecule has 0 unspecified atom stereocenters. The summed E-state index contributed by atoms with van der Waals surface area (Å²) in [5.41, 5.74) is 0. The molecule has 0 aromatic rings. The lowest BCUT2D eigenvalue weighted by atomic mass is 10.9. The molecule has 4 nitrogen and oxygen atoms in total. The Morgan fingerprint density at radius 1 is 0.750 bits per heavy atom. The van der Waals surface area contributed by atoms with Gasteiger partial charge in [0.05, 0.1) is 0 Å². The lowest BCUT2D eigenvalue weighted by molar-refractivity contribution is 0.206. The van der Waals surface area contributed by atoms with Crippen molar-refractivity contribution < 1.29 is 17.7 Å². The second-order valence-corrected chi connectivity index (χ2v) is 7.87. The SMILES string of the molecule is C=C([SiH](OCC)OCC)[SiH](OCC)OCC. The lowest BCUT2D eigenvalue weighted by Crippen LogP contribution is -2.38. The van der Waals surface area contributed by atoms with Crippen LogP contribution in [0.4, 0.5) is 0 Å². The smallest absolute Gasteiger partial charge is 0.351 e. The molecule has 0 aliphatic carbocycles. The molecule has 0 saturated carbocycles. The van der Waals surface area contributed by atoms with Crippen molar-refractivity contribution in [3.63, 3.8) is 0 Å². The van der Waals surface area contributed by atoms with E-state index in [9.17, 15) is 0 Å². The highest BCUT2D eigenvalue weighted by molar-refractivity contribution is 6.77. The van der Waals surface area contributed by atoms with E-state index >= 15 is 0 Å². The quantitative estimate of drug-likeness (QED) is 0.556. The summed E-state index contributed by atoms with van der Waals surface area (Å²) >= 11 is 0. The van der Waals surface area contributed by atoms with Crippen LogP contribution in [0.15, 0.2) is 11.4 Å².